The first kappa shape index (κ1) is 40.5. The highest BCUT2D eigenvalue weighted by atomic mass is 32.2. The maximum atomic E-state index is 12.0. The van der Waals surface area contributed by atoms with Crippen LogP contribution in [0.25, 0.3) is 0 Å². The minimum atomic E-state index is -0.00808. The first-order valence-corrected chi connectivity index (χ1v) is 15.3. The number of amides is 1. The van der Waals surface area contributed by atoms with Crippen molar-refractivity contribution in [1.82, 2.24) is 10.3 Å². The number of hydrogen-bond donors (Lipinski definition) is 1. The first-order chi connectivity index (χ1) is 20.2. The van der Waals surface area contributed by atoms with Gasteiger partial charge in [0.2, 0.25) is 5.91 Å². The fourth-order valence-corrected chi connectivity index (χ4v) is 3.61. The molecule has 1 amide bonds. The first-order valence-electron chi connectivity index (χ1n) is 14.5. The number of carbonyl (C=O) groups is 1. The van der Waals surface area contributed by atoms with Crippen LogP contribution in [-0.2, 0) is 16.1 Å². The number of pyridine rings is 1. The summed E-state index contributed by atoms with van der Waals surface area (Å²) in [4.78, 5) is 23.0. The van der Waals surface area contributed by atoms with E-state index in [0.717, 1.165) is 40.3 Å². The summed E-state index contributed by atoms with van der Waals surface area (Å²) >= 11 is 1.70. The minimum absolute atomic E-state index is 0.00808. The summed E-state index contributed by atoms with van der Waals surface area (Å²) in [6, 6.07) is 12.0. The number of thioether (sulfide) groups is 1. The fraction of sp³-hybridized carbons (Fsp3) is 0.361. The highest BCUT2D eigenvalue weighted by Gasteiger charge is 2.11. The van der Waals surface area contributed by atoms with E-state index in [1.165, 1.54) is 10.5 Å². The van der Waals surface area contributed by atoms with Crippen molar-refractivity contribution in [3.05, 3.63) is 119 Å². The number of fused-ring (bicyclic) bond motifs is 1. The second kappa shape index (κ2) is 27.5. The Labute approximate surface area is 260 Å². The van der Waals surface area contributed by atoms with Gasteiger partial charge in [0.25, 0.3) is 0 Å². The molecule has 6 heteroatoms. The molecule has 0 aliphatic carbocycles. The lowest BCUT2D eigenvalue weighted by Gasteiger charge is -2.06. The molecule has 0 saturated carbocycles. The van der Waals surface area contributed by atoms with E-state index in [0.29, 0.717) is 13.0 Å². The van der Waals surface area contributed by atoms with Crippen LogP contribution in [0.2, 0.25) is 0 Å². The molecule has 2 aromatic rings. The molecule has 0 atom stereocenters. The summed E-state index contributed by atoms with van der Waals surface area (Å²) in [6.07, 6.45) is 15.6. The van der Waals surface area contributed by atoms with Crippen LogP contribution in [0.5, 0.6) is 0 Å². The Morgan fingerprint density at radius 2 is 1.67 bits per heavy atom. The lowest BCUT2D eigenvalue weighted by Crippen LogP contribution is -2.21. The second-order valence-electron chi connectivity index (χ2n) is 8.69. The molecule has 0 bridgehead atoms. The molecule has 5 nitrogen and oxygen atoms in total. The van der Waals surface area contributed by atoms with Gasteiger partial charge in [-0.15, -0.1) is 6.58 Å². The predicted molar refractivity (Wildman–Crippen MR) is 186 cm³/mol. The molecule has 1 aromatic carbocycles. The summed E-state index contributed by atoms with van der Waals surface area (Å²) in [7, 11) is 1.60. The topological polar surface area (TPSA) is 63.6 Å². The highest BCUT2D eigenvalue weighted by molar-refractivity contribution is 8.03. The standard InChI is InChI=1S/C21H21N3OS.C5H10.C4H8O.C4H8.C2H6/c1-2-18-20(26-19-9-4-3-8-17(19)15-23-18)10-5-11-21(25)24-14-16-7-6-12-22-13-16;1-4-5(2)3;1-4(2)5-3;1-3-4-2;1-2/h3-10,12-13,15H,2,11,14H2,1H3,(H,24,25);2,4H2,1,3H3;1H2,2-3H3;3-4H,1-2H3;1-2H3/b10-5-;;;4-3-;. The molecule has 3 rings (SSSR count). The van der Waals surface area contributed by atoms with E-state index < -0.39 is 0 Å². The van der Waals surface area contributed by atoms with Gasteiger partial charge in [-0.2, -0.15) is 0 Å². The van der Waals surface area contributed by atoms with Gasteiger partial charge in [-0.3, -0.25) is 14.8 Å². The SMILES string of the molecule is C/C=C\C.C=C(C)CC.C=C(C)OC.CC.CCC1=C(/C=C\CC(=O)NCc2cccnc2)Sc2ccccc2C=N1. The summed E-state index contributed by atoms with van der Waals surface area (Å²) in [5.74, 6) is 0.747. The van der Waals surface area contributed by atoms with Crippen molar-refractivity contribution >= 4 is 23.9 Å². The van der Waals surface area contributed by atoms with Crippen molar-refractivity contribution in [2.24, 2.45) is 4.99 Å². The Morgan fingerprint density at radius 3 is 2.17 bits per heavy atom. The van der Waals surface area contributed by atoms with Gasteiger partial charge in [-0.1, -0.05) is 94.1 Å². The zero-order valence-corrected chi connectivity index (χ0v) is 28.2. The van der Waals surface area contributed by atoms with E-state index in [1.807, 2.05) is 89.4 Å². The number of aliphatic imine (C=N–C) groups is 1. The molecular weight excluding hydrogens is 538 g/mol. The number of hydrogen-bond acceptors (Lipinski definition) is 5. The number of carbonyl (C=O) groups excluding carboxylic acids is 1. The Hall–Kier alpha value is -3.64. The largest absolute Gasteiger partial charge is 0.502 e. The number of rotatable bonds is 8. The smallest absolute Gasteiger partial charge is 0.224 e. The third-order valence-electron chi connectivity index (χ3n) is 5.19. The van der Waals surface area contributed by atoms with Crippen LogP contribution in [0.4, 0.5) is 0 Å². The van der Waals surface area contributed by atoms with Gasteiger partial charge in [0.1, 0.15) is 0 Å². The van der Waals surface area contributed by atoms with E-state index in [-0.39, 0.29) is 5.91 Å². The van der Waals surface area contributed by atoms with E-state index >= 15 is 0 Å². The maximum Gasteiger partial charge on any atom is 0.224 e. The quantitative estimate of drug-likeness (QED) is 0.245. The molecule has 1 N–H and O–H groups in total. The van der Waals surface area contributed by atoms with Crippen LogP contribution in [0, 0.1) is 0 Å². The number of nitrogens with one attached hydrogen (secondary N) is 1. The Bertz CT molecular complexity index is 1130. The third-order valence-corrected chi connectivity index (χ3v) is 6.37. The van der Waals surface area contributed by atoms with Crippen LogP contribution < -0.4 is 5.32 Å². The second-order valence-corrected chi connectivity index (χ2v) is 9.77. The summed E-state index contributed by atoms with van der Waals surface area (Å²) in [5.41, 5.74) is 4.41. The molecule has 1 aliphatic heterocycles. The lowest BCUT2D eigenvalue weighted by atomic mass is 10.2. The number of ether oxygens (including phenoxy) is 1. The molecule has 0 radical (unpaired) electrons. The lowest BCUT2D eigenvalue weighted by molar-refractivity contribution is -0.120. The van der Waals surface area contributed by atoms with Crippen LogP contribution in [0.3, 0.4) is 0 Å². The summed E-state index contributed by atoms with van der Waals surface area (Å²) in [6.45, 7) is 23.6. The van der Waals surface area contributed by atoms with Gasteiger partial charge < -0.3 is 10.1 Å². The molecule has 1 aromatic heterocycles. The number of benzene rings is 1. The monoisotopic (exact) mass is 591 g/mol. The maximum absolute atomic E-state index is 12.0. The average molecular weight is 592 g/mol. The third kappa shape index (κ3) is 21.2. The van der Waals surface area contributed by atoms with Crippen LogP contribution in [-0.4, -0.2) is 24.2 Å². The molecule has 2 heterocycles. The van der Waals surface area contributed by atoms with Gasteiger partial charge in [0, 0.05) is 46.9 Å². The Kier molecular flexibility index (Phi) is 26.5. The average Bonchev–Trinajstić information content (AvgIpc) is 3.21. The van der Waals surface area contributed by atoms with Crippen molar-refractivity contribution < 1.29 is 9.53 Å². The van der Waals surface area contributed by atoms with Gasteiger partial charge in [-0.25, -0.2) is 0 Å². The van der Waals surface area contributed by atoms with Gasteiger partial charge in [0.15, 0.2) is 0 Å². The molecule has 0 saturated heterocycles. The van der Waals surface area contributed by atoms with Crippen molar-refractivity contribution in [3.8, 4) is 0 Å². The van der Waals surface area contributed by atoms with Gasteiger partial charge in [0.05, 0.1) is 18.6 Å². The molecule has 0 spiro atoms. The van der Waals surface area contributed by atoms with Crippen molar-refractivity contribution in [1.29, 1.82) is 0 Å². The van der Waals surface area contributed by atoms with Crippen molar-refractivity contribution in [2.45, 2.75) is 86.1 Å². The number of aromatic nitrogens is 1. The number of nitrogens with zero attached hydrogens (tertiary/aromatic N) is 2. The normalized spacial score (nSPS) is 11.2. The summed E-state index contributed by atoms with van der Waals surface area (Å²) in [5, 5.41) is 2.91. The zero-order valence-electron chi connectivity index (χ0n) is 27.4. The van der Waals surface area contributed by atoms with Gasteiger partial charge >= 0.3 is 0 Å². The predicted octanol–water partition coefficient (Wildman–Crippen LogP) is 10.2. The molecular formula is C36H53N3O2S. The zero-order chi connectivity index (χ0) is 32.2. The van der Waals surface area contributed by atoms with Gasteiger partial charge in [-0.05, 0) is 64.3 Å². The number of allylic oxidation sites excluding steroid dienone is 6. The summed E-state index contributed by atoms with van der Waals surface area (Å²) < 4.78 is 4.56. The van der Waals surface area contributed by atoms with Crippen molar-refractivity contribution in [3.63, 3.8) is 0 Å². The molecule has 1 aliphatic rings. The van der Waals surface area contributed by atoms with Crippen LogP contribution in [0.15, 0.2) is 118 Å². The van der Waals surface area contributed by atoms with Crippen molar-refractivity contribution in [2.75, 3.05) is 7.11 Å². The van der Waals surface area contributed by atoms with E-state index in [9.17, 15) is 4.79 Å². The number of methoxy groups -OCH3 is 1. The molecule has 230 valence electrons. The molecule has 0 unspecified atom stereocenters. The highest BCUT2D eigenvalue weighted by Crippen LogP contribution is 2.35. The van der Waals surface area contributed by atoms with E-state index in [4.69, 9.17) is 0 Å². The molecule has 0 fully saturated rings. The Morgan fingerprint density at radius 1 is 1.05 bits per heavy atom. The fourth-order valence-electron chi connectivity index (χ4n) is 2.51. The van der Waals surface area contributed by atoms with E-state index in [2.05, 4.69) is 59.2 Å². The van der Waals surface area contributed by atoms with E-state index in [1.54, 1.807) is 38.2 Å². The minimum Gasteiger partial charge on any atom is -0.502 e. The van der Waals surface area contributed by atoms with Crippen LogP contribution in [0.1, 0.15) is 85.8 Å². The Balaban J connectivity index is 0. The molecule has 42 heavy (non-hydrogen) atoms. The van der Waals surface area contributed by atoms with Crippen LogP contribution >= 0.6 is 11.8 Å².